The lowest BCUT2D eigenvalue weighted by atomic mass is 9.89. The minimum absolute atomic E-state index is 0.00908. The molecule has 0 spiro atoms. The Balaban J connectivity index is 1.66. The third-order valence-corrected chi connectivity index (χ3v) is 18.5. The predicted octanol–water partition coefficient (Wildman–Crippen LogP) is 7.07. The van der Waals surface area contributed by atoms with E-state index in [-0.39, 0.29) is 89.7 Å². The zero-order valence-corrected chi connectivity index (χ0v) is 43.4. The number of rotatable bonds is 11. The van der Waals surface area contributed by atoms with Gasteiger partial charge in [-0.2, -0.15) is 17.2 Å². The van der Waals surface area contributed by atoms with Crippen LogP contribution in [0, 0.1) is 68.1 Å². The molecule has 12 nitrogen and oxygen atoms in total. The summed E-state index contributed by atoms with van der Waals surface area (Å²) in [5.41, 5.74) is 4.81. The van der Waals surface area contributed by atoms with Crippen LogP contribution < -0.4 is 0 Å². The van der Waals surface area contributed by atoms with Gasteiger partial charge < -0.3 is 0 Å². The van der Waals surface area contributed by atoms with Crippen LogP contribution in [0.25, 0.3) is 0 Å². The summed E-state index contributed by atoms with van der Waals surface area (Å²) in [7, 11) is -16.9. The SMILES string of the molecule is Cc1ccc(S(=O)(=O)N2CC#CCN(S(=O)(=O)c3ccc(C)cc3)CC#CCN(S(=O)(=O)c3c(C(C)C)cc(C(C)C)cc3C(C)C)CC#CCN(S(=O)(=O)c3ccc(C)cc3)CC#CC2)cc1. The van der Waals surface area contributed by atoms with Crippen LogP contribution >= 0.6 is 0 Å². The summed E-state index contributed by atoms with van der Waals surface area (Å²) in [6, 6.07) is 22.7. The standard InChI is InChI=1S/C52H60N4O8S4/c1-40(2)46-38-50(41(3)4)52(51(39-46)42(5)6)68(63,64)56-36-16-14-34-54(66(59,60)48-26-20-44(8)21-27-48)32-12-10-30-53(65(57,58)47-24-18-43(7)19-25-47)31-11-13-33-55(35-15-17-37-56)67(61,62)49-28-22-45(9)23-29-49/h18-29,38-42H,30-37H2,1-9H3. The van der Waals surface area contributed by atoms with E-state index >= 15 is 8.42 Å². The number of benzene rings is 4. The molecular weight excluding hydrogens is 937 g/mol. The first-order chi connectivity index (χ1) is 32.0. The van der Waals surface area contributed by atoms with Gasteiger partial charge in [0.15, 0.2) is 0 Å². The number of nitrogens with zero attached hydrogens (tertiary/aromatic N) is 4. The lowest BCUT2D eigenvalue weighted by Gasteiger charge is -2.26. The van der Waals surface area contributed by atoms with Crippen molar-refractivity contribution >= 4 is 40.1 Å². The molecule has 0 N–H and O–H groups in total. The highest BCUT2D eigenvalue weighted by molar-refractivity contribution is 7.90. The van der Waals surface area contributed by atoms with Gasteiger partial charge in [-0.1, -0.05) is 154 Å². The number of hydrogen-bond donors (Lipinski definition) is 0. The molecule has 1 aliphatic heterocycles. The van der Waals surface area contributed by atoms with Crippen LogP contribution in [0.4, 0.5) is 0 Å². The summed E-state index contributed by atoms with van der Waals surface area (Å²) >= 11 is 0. The maximum absolute atomic E-state index is 15.1. The summed E-state index contributed by atoms with van der Waals surface area (Å²) in [5, 5.41) is 0. The molecule has 0 unspecified atom stereocenters. The van der Waals surface area contributed by atoms with Crippen LogP contribution in [0.5, 0.6) is 0 Å². The Kier molecular flexibility index (Phi) is 18.1. The zero-order valence-electron chi connectivity index (χ0n) is 40.2. The molecule has 0 aromatic heterocycles. The number of hydrogen-bond acceptors (Lipinski definition) is 8. The second-order valence-corrected chi connectivity index (χ2v) is 25.1. The molecule has 0 saturated heterocycles. The lowest BCUT2D eigenvalue weighted by Crippen LogP contribution is -2.35. The first kappa shape index (κ1) is 53.7. The van der Waals surface area contributed by atoms with E-state index in [2.05, 4.69) is 61.2 Å². The summed E-state index contributed by atoms with van der Waals surface area (Å²) in [5.74, 6) is 22.6. The van der Waals surface area contributed by atoms with Crippen LogP contribution in [0.3, 0.4) is 0 Å². The third kappa shape index (κ3) is 13.1. The lowest BCUT2D eigenvalue weighted by molar-refractivity contribution is 0.471. The molecule has 0 saturated carbocycles. The quantitative estimate of drug-likeness (QED) is 0.145. The molecule has 1 aliphatic rings. The summed E-state index contributed by atoms with van der Waals surface area (Å²) in [6.07, 6.45) is 0. The molecule has 4 aromatic rings. The van der Waals surface area contributed by atoms with E-state index in [1.165, 1.54) is 36.4 Å². The molecule has 16 heteroatoms. The van der Waals surface area contributed by atoms with Gasteiger partial charge in [-0.25, -0.2) is 33.7 Å². The summed E-state index contributed by atoms with van der Waals surface area (Å²) in [4.78, 5) is 0.125. The van der Waals surface area contributed by atoms with Crippen LogP contribution in [-0.2, 0) is 40.1 Å². The maximum atomic E-state index is 15.1. The second-order valence-electron chi connectivity index (χ2n) is 17.4. The number of sulfonamides is 4. The van der Waals surface area contributed by atoms with Crippen molar-refractivity contribution in [3.05, 3.63) is 118 Å². The van der Waals surface area contributed by atoms with Crippen molar-refractivity contribution in [1.29, 1.82) is 0 Å². The van der Waals surface area contributed by atoms with Gasteiger partial charge in [0.1, 0.15) is 0 Å². The van der Waals surface area contributed by atoms with Gasteiger partial charge in [0.25, 0.3) is 0 Å². The van der Waals surface area contributed by atoms with Crippen molar-refractivity contribution in [3.8, 4) is 47.4 Å². The predicted molar refractivity (Wildman–Crippen MR) is 268 cm³/mol. The van der Waals surface area contributed by atoms with Gasteiger partial charge in [0, 0.05) is 0 Å². The van der Waals surface area contributed by atoms with E-state index in [0.29, 0.717) is 11.1 Å². The molecule has 1 heterocycles. The first-order valence-corrected chi connectivity index (χ1v) is 27.9. The molecule has 68 heavy (non-hydrogen) atoms. The summed E-state index contributed by atoms with van der Waals surface area (Å²) < 4.78 is 119. The Morgan fingerprint density at radius 2 is 0.574 bits per heavy atom. The fraction of sp³-hybridized carbons (Fsp3) is 0.385. The van der Waals surface area contributed by atoms with Crippen molar-refractivity contribution in [2.45, 2.75) is 99.6 Å². The first-order valence-electron chi connectivity index (χ1n) is 22.2. The Morgan fingerprint density at radius 3 is 0.779 bits per heavy atom. The highest BCUT2D eigenvalue weighted by atomic mass is 32.2. The molecule has 0 atom stereocenters. The molecule has 5 rings (SSSR count). The average molecular weight is 997 g/mol. The fourth-order valence-electron chi connectivity index (χ4n) is 6.95. The van der Waals surface area contributed by atoms with E-state index in [9.17, 15) is 25.3 Å². The van der Waals surface area contributed by atoms with Crippen molar-refractivity contribution in [2.75, 3.05) is 52.4 Å². The third-order valence-electron chi connectivity index (χ3n) is 11.2. The molecular formula is C52H60N4O8S4. The average Bonchev–Trinajstić information content (AvgIpc) is 3.28. The van der Waals surface area contributed by atoms with Gasteiger partial charge >= 0.3 is 0 Å². The van der Waals surface area contributed by atoms with E-state index < -0.39 is 40.1 Å². The van der Waals surface area contributed by atoms with E-state index in [0.717, 1.165) is 39.5 Å². The number of aryl methyl sites for hydroxylation is 3. The van der Waals surface area contributed by atoms with E-state index in [4.69, 9.17) is 0 Å². The van der Waals surface area contributed by atoms with Crippen molar-refractivity contribution < 1.29 is 33.7 Å². The van der Waals surface area contributed by atoms with E-state index in [1.807, 2.05) is 60.6 Å². The van der Waals surface area contributed by atoms with Crippen LogP contribution in [0.15, 0.2) is 105 Å². The van der Waals surface area contributed by atoms with Gasteiger partial charge in [0.2, 0.25) is 40.1 Å². The Hall–Kier alpha value is -5.24. The Bertz CT molecular complexity index is 3020. The molecule has 0 fully saturated rings. The Morgan fingerprint density at radius 1 is 0.353 bits per heavy atom. The van der Waals surface area contributed by atoms with Crippen molar-refractivity contribution in [2.24, 2.45) is 0 Å². The van der Waals surface area contributed by atoms with Crippen molar-refractivity contribution in [3.63, 3.8) is 0 Å². The van der Waals surface area contributed by atoms with Gasteiger partial charge in [-0.05, 0) is 91.6 Å². The Labute approximate surface area is 406 Å². The van der Waals surface area contributed by atoms with E-state index in [1.54, 1.807) is 36.4 Å². The normalized spacial score (nSPS) is 15.9. The second kappa shape index (κ2) is 22.9. The molecule has 0 bridgehead atoms. The topological polar surface area (TPSA) is 150 Å². The van der Waals surface area contributed by atoms with Crippen molar-refractivity contribution in [1.82, 2.24) is 17.2 Å². The molecule has 0 aliphatic carbocycles. The minimum atomic E-state index is -4.34. The molecule has 0 radical (unpaired) electrons. The van der Waals surface area contributed by atoms with Gasteiger partial charge in [0.05, 0.1) is 71.9 Å². The van der Waals surface area contributed by atoms with Crippen LogP contribution in [0.1, 0.15) is 92.7 Å². The monoisotopic (exact) mass is 996 g/mol. The van der Waals surface area contributed by atoms with Gasteiger partial charge in [-0.3, -0.25) is 0 Å². The van der Waals surface area contributed by atoms with Crippen LogP contribution in [0.2, 0.25) is 0 Å². The maximum Gasteiger partial charge on any atom is 0.245 e. The minimum Gasteiger partial charge on any atom is -0.207 e. The van der Waals surface area contributed by atoms with Gasteiger partial charge in [-0.15, -0.1) is 0 Å². The molecule has 360 valence electrons. The largest absolute Gasteiger partial charge is 0.245 e. The smallest absolute Gasteiger partial charge is 0.207 e. The summed E-state index contributed by atoms with van der Waals surface area (Å²) in [6.45, 7) is 14.3. The van der Waals surface area contributed by atoms with Crippen LogP contribution in [-0.4, -0.2) is 103 Å². The zero-order chi connectivity index (χ0) is 50.0. The highest BCUT2D eigenvalue weighted by Crippen LogP contribution is 2.36. The molecule has 4 aromatic carbocycles. The molecule has 0 amide bonds. The fourth-order valence-corrected chi connectivity index (χ4v) is 12.6. The highest BCUT2D eigenvalue weighted by Gasteiger charge is 2.32.